The number of ether oxygens (including phenoxy) is 1. The van der Waals surface area contributed by atoms with Gasteiger partial charge < -0.3 is 10.5 Å². The molecule has 0 aliphatic rings. The third-order valence-corrected chi connectivity index (χ3v) is 3.62. The van der Waals surface area contributed by atoms with Crippen molar-refractivity contribution in [1.82, 2.24) is 4.98 Å². The van der Waals surface area contributed by atoms with Crippen LogP contribution in [-0.4, -0.2) is 22.9 Å². The van der Waals surface area contributed by atoms with Crippen molar-refractivity contribution in [2.24, 2.45) is 5.73 Å². The summed E-state index contributed by atoms with van der Waals surface area (Å²) in [5, 5.41) is 4.77. The Bertz CT molecular complexity index is 684. The second-order valence-electron chi connectivity index (χ2n) is 4.85. The van der Waals surface area contributed by atoms with Crippen LogP contribution in [-0.2, 0) is 16.0 Å². The molecule has 0 saturated heterocycles. The van der Waals surface area contributed by atoms with Crippen molar-refractivity contribution in [2.45, 2.75) is 26.4 Å². The number of anilines is 1. The van der Waals surface area contributed by atoms with E-state index in [0.29, 0.717) is 16.6 Å². The maximum absolute atomic E-state index is 12.1. The zero-order valence-corrected chi connectivity index (χ0v) is 13.1. The number of nitrogens with two attached hydrogens (primary N) is 1. The van der Waals surface area contributed by atoms with E-state index >= 15 is 0 Å². The summed E-state index contributed by atoms with van der Waals surface area (Å²) in [6.07, 6.45) is -0.605. The molecule has 22 heavy (non-hydrogen) atoms. The highest BCUT2D eigenvalue weighted by molar-refractivity contribution is 7.13. The van der Waals surface area contributed by atoms with Crippen molar-refractivity contribution < 1.29 is 14.3 Å². The lowest BCUT2D eigenvalue weighted by Gasteiger charge is -2.14. The summed E-state index contributed by atoms with van der Waals surface area (Å²) in [5.74, 6) is -0.128. The fraction of sp³-hybridized carbons (Fsp3) is 0.267. The topological polar surface area (TPSA) is 94.3 Å². The molecule has 3 N–H and O–H groups in total. The van der Waals surface area contributed by atoms with Gasteiger partial charge in [0.1, 0.15) is 5.75 Å². The molecule has 0 bridgehead atoms. The number of primary amides is 1. The number of benzene rings is 1. The van der Waals surface area contributed by atoms with E-state index < -0.39 is 12.0 Å². The molecule has 7 heteroatoms. The van der Waals surface area contributed by atoms with E-state index in [2.05, 4.69) is 10.3 Å². The van der Waals surface area contributed by atoms with E-state index in [9.17, 15) is 9.59 Å². The largest absolute Gasteiger partial charge is 0.481 e. The number of nitrogens with zero attached hydrogens (tertiary/aromatic N) is 1. The Morgan fingerprint density at radius 2 is 2.23 bits per heavy atom. The molecule has 116 valence electrons. The molecule has 0 aliphatic carbocycles. The molecule has 0 aliphatic heterocycles. The standard InChI is InChI=1S/C15H17N3O3S/c1-9-4-3-5-12(6-9)21-10(2)14(20)18-15-17-11(8-22-15)7-13(16)19/h3-6,8,10H,7H2,1-2H3,(H2,16,19)(H,17,18,20)/t10-/m1/s1. The first-order valence-corrected chi connectivity index (χ1v) is 7.59. The van der Waals surface area contributed by atoms with E-state index in [-0.39, 0.29) is 12.3 Å². The first kappa shape index (κ1) is 16.0. The number of thiazole rings is 1. The maximum Gasteiger partial charge on any atom is 0.266 e. The van der Waals surface area contributed by atoms with E-state index in [1.807, 2.05) is 25.1 Å². The van der Waals surface area contributed by atoms with E-state index in [1.54, 1.807) is 18.4 Å². The molecule has 0 saturated carbocycles. The van der Waals surface area contributed by atoms with Crippen LogP contribution in [0.1, 0.15) is 18.2 Å². The van der Waals surface area contributed by atoms with Gasteiger partial charge in [-0.25, -0.2) is 4.98 Å². The Labute approximate surface area is 132 Å². The number of carbonyl (C=O) groups is 2. The molecule has 0 fully saturated rings. The Morgan fingerprint density at radius 1 is 1.45 bits per heavy atom. The Hall–Kier alpha value is -2.41. The molecule has 1 aromatic heterocycles. The Balaban J connectivity index is 1.93. The zero-order valence-electron chi connectivity index (χ0n) is 12.3. The lowest BCUT2D eigenvalue weighted by Crippen LogP contribution is -2.30. The number of aromatic nitrogens is 1. The van der Waals surface area contributed by atoms with Gasteiger partial charge in [-0.2, -0.15) is 0 Å². The van der Waals surface area contributed by atoms with Gasteiger partial charge in [0.15, 0.2) is 11.2 Å². The van der Waals surface area contributed by atoms with Gasteiger partial charge >= 0.3 is 0 Å². The highest BCUT2D eigenvalue weighted by Gasteiger charge is 2.16. The van der Waals surface area contributed by atoms with Gasteiger partial charge in [-0.3, -0.25) is 14.9 Å². The van der Waals surface area contributed by atoms with Crippen LogP contribution in [0.5, 0.6) is 5.75 Å². The quantitative estimate of drug-likeness (QED) is 0.850. The van der Waals surface area contributed by atoms with Crippen LogP contribution < -0.4 is 15.8 Å². The van der Waals surface area contributed by atoms with Crippen LogP contribution in [0.2, 0.25) is 0 Å². The Morgan fingerprint density at radius 3 is 2.91 bits per heavy atom. The second-order valence-corrected chi connectivity index (χ2v) is 5.71. The number of nitrogens with one attached hydrogen (secondary N) is 1. The first-order chi connectivity index (χ1) is 10.4. The van der Waals surface area contributed by atoms with Crippen LogP contribution in [0.3, 0.4) is 0 Å². The second kappa shape index (κ2) is 7.04. The maximum atomic E-state index is 12.1. The molecule has 1 aromatic carbocycles. The van der Waals surface area contributed by atoms with Crippen LogP contribution in [0.15, 0.2) is 29.6 Å². The average molecular weight is 319 g/mol. The van der Waals surface area contributed by atoms with Gasteiger partial charge in [-0.1, -0.05) is 12.1 Å². The molecular weight excluding hydrogens is 302 g/mol. The normalized spacial score (nSPS) is 11.7. The number of hydrogen-bond acceptors (Lipinski definition) is 5. The summed E-state index contributed by atoms with van der Waals surface area (Å²) in [4.78, 5) is 27.0. The highest BCUT2D eigenvalue weighted by atomic mass is 32.1. The molecule has 1 atom stereocenters. The molecule has 0 unspecified atom stereocenters. The fourth-order valence-corrected chi connectivity index (χ4v) is 2.49. The minimum absolute atomic E-state index is 0.0573. The summed E-state index contributed by atoms with van der Waals surface area (Å²) in [7, 11) is 0. The molecular formula is C15H17N3O3S. The first-order valence-electron chi connectivity index (χ1n) is 6.71. The van der Waals surface area contributed by atoms with Gasteiger partial charge in [0.2, 0.25) is 5.91 Å². The predicted molar refractivity (Wildman–Crippen MR) is 84.9 cm³/mol. The number of rotatable bonds is 6. The van der Waals surface area contributed by atoms with Gasteiger partial charge in [0.05, 0.1) is 12.1 Å². The Kier molecular flexibility index (Phi) is 5.11. The SMILES string of the molecule is Cc1cccc(O[C@H](C)C(=O)Nc2nc(CC(N)=O)cs2)c1. The minimum atomic E-state index is -0.662. The average Bonchev–Trinajstić information content (AvgIpc) is 2.85. The highest BCUT2D eigenvalue weighted by Crippen LogP contribution is 2.18. The number of carbonyl (C=O) groups excluding carboxylic acids is 2. The molecule has 2 aromatic rings. The van der Waals surface area contributed by atoms with Crippen LogP contribution in [0, 0.1) is 6.92 Å². The molecule has 1 heterocycles. The third kappa shape index (κ3) is 4.56. The van der Waals surface area contributed by atoms with Gasteiger partial charge in [0, 0.05) is 5.38 Å². The zero-order chi connectivity index (χ0) is 16.1. The van der Waals surface area contributed by atoms with Crippen molar-refractivity contribution in [3.05, 3.63) is 40.9 Å². The number of amides is 2. The summed E-state index contributed by atoms with van der Waals surface area (Å²) in [6, 6.07) is 7.48. The van der Waals surface area contributed by atoms with E-state index in [0.717, 1.165) is 5.56 Å². The summed E-state index contributed by atoms with van der Waals surface area (Å²) in [5.41, 5.74) is 6.70. The van der Waals surface area contributed by atoms with Gasteiger partial charge in [-0.15, -0.1) is 11.3 Å². The van der Waals surface area contributed by atoms with E-state index in [1.165, 1.54) is 11.3 Å². The fourth-order valence-electron chi connectivity index (χ4n) is 1.78. The van der Waals surface area contributed by atoms with Crippen molar-refractivity contribution >= 4 is 28.3 Å². The molecule has 0 radical (unpaired) electrons. The molecule has 6 nitrogen and oxygen atoms in total. The number of aryl methyl sites for hydroxylation is 1. The molecule has 0 spiro atoms. The van der Waals surface area contributed by atoms with Crippen molar-refractivity contribution in [3.63, 3.8) is 0 Å². The van der Waals surface area contributed by atoms with Crippen molar-refractivity contribution in [2.75, 3.05) is 5.32 Å². The lowest BCUT2D eigenvalue weighted by atomic mass is 10.2. The minimum Gasteiger partial charge on any atom is -0.481 e. The van der Waals surface area contributed by atoms with Crippen LogP contribution >= 0.6 is 11.3 Å². The van der Waals surface area contributed by atoms with Crippen LogP contribution in [0.25, 0.3) is 0 Å². The van der Waals surface area contributed by atoms with Gasteiger partial charge in [-0.05, 0) is 31.5 Å². The van der Waals surface area contributed by atoms with Gasteiger partial charge in [0.25, 0.3) is 5.91 Å². The van der Waals surface area contributed by atoms with Crippen molar-refractivity contribution in [3.8, 4) is 5.75 Å². The summed E-state index contributed by atoms with van der Waals surface area (Å²) in [6.45, 7) is 3.61. The summed E-state index contributed by atoms with van der Waals surface area (Å²) >= 11 is 1.24. The predicted octanol–water partition coefficient (Wildman–Crippen LogP) is 1.89. The monoisotopic (exact) mass is 319 g/mol. The summed E-state index contributed by atoms with van der Waals surface area (Å²) < 4.78 is 5.59. The smallest absolute Gasteiger partial charge is 0.266 e. The lowest BCUT2D eigenvalue weighted by molar-refractivity contribution is -0.122. The molecule has 2 amide bonds. The van der Waals surface area contributed by atoms with Crippen LogP contribution in [0.4, 0.5) is 5.13 Å². The van der Waals surface area contributed by atoms with Crippen molar-refractivity contribution in [1.29, 1.82) is 0 Å². The molecule has 2 rings (SSSR count). The number of hydrogen-bond donors (Lipinski definition) is 2. The van der Waals surface area contributed by atoms with E-state index in [4.69, 9.17) is 10.5 Å². The third-order valence-electron chi connectivity index (χ3n) is 2.81.